The Balaban J connectivity index is 1.48. The third-order valence-electron chi connectivity index (χ3n) is 4.83. The highest BCUT2D eigenvalue weighted by atomic mass is 35.5. The van der Waals surface area contributed by atoms with Crippen LogP contribution in [0.15, 0.2) is 54.6 Å². The number of amides is 2. The first-order valence-corrected chi connectivity index (χ1v) is 9.51. The number of hydrogen-bond acceptors (Lipinski definition) is 3. The lowest BCUT2D eigenvalue weighted by molar-refractivity contribution is -0.140. The minimum absolute atomic E-state index is 0.0522. The van der Waals surface area contributed by atoms with Crippen LogP contribution in [-0.2, 0) is 22.4 Å². The molecule has 1 atom stereocenters. The summed E-state index contributed by atoms with van der Waals surface area (Å²) < 4.78 is 0. The molecule has 2 N–H and O–H groups in total. The molecule has 1 saturated heterocycles. The average Bonchev–Trinajstić information content (AvgIpc) is 2.70. The number of hydrogen-bond donors (Lipinski definition) is 1. The molecule has 2 amide bonds. The van der Waals surface area contributed by atoms with E-state index in [-0.39, 0.29) is 11.8 Å². The number of halogens is 1. The zero-order valence-corrected chi connectivity index (χ0v) is 15.9. The van der Waals surface area contributed by atoms with Crippen LogP contribution in [0.2, 0.25) is 5.02 Å². The van der Waals surface area contributed by atoms with Crippen LogP contribution in [0.5, 0.6) is 0 Å². The zero-order valence-electron chi connectivity index (χ0n) is 15.2. The van der Waals surface area contributed by atoms with Gasteiger partial charge in [0.1, 0.15) is 0 Å². The van der Waals surface area contributed by atoms with Crippen LogP contribution in [0.1, 0.15) is 11.1 Å². The van der Waals surface area contributed by atoms with Crippen molar-refractivity contribution in [3.05, 3.63) is 70.7 Å². The molecular formula is C21H24ClN3O2. The fourth-order valence-corrected chi connectivity index (χ4v) is 3.38. The van der Waals surface area contributed by atoms with Crippen molar-refractivity contribution in [3.63, 3.8) is 0 Å². The van der Waals surface area contributed by atoms with E-state index >= 15 is 0 Å². The van der Waals surface area contributed by atoms with Gasteiger partial charge in [-0.3, -0.25) is 9.59 Å². The number of nitrogens with two attached hydrogens (primary N) is 1. The van der Waals surface area contributed by atoms with Gasteiger partial charge < -0.3 is 15.5 Å². The molecule has 142 valence electrons. The number of benzene rings is 2. The molecule has 0 radical (unpaired) electrons. The molecule has 5 nitrogen and oxygen atoms in total. The van der Waals surface area contributed by atoms with Crippen molar-refractivity contribution in [2.45, 2.75) is 18.9 Å². The third kappa shape index (κ3) is 5.31. The van der Waals surface area contributed by atoms with Crippen molar-refractivity contribution in [1.82, 2.24) is 9.80 Å². The molecule has 0 saturated carbocycles. The maximum Gasteiger partial charge on any atom is 0.239 e. The lowest BCUT2D eigenvalue weighted by Gasteiger charge is -2.36. The van der Waals surface area contributed by atoms with Crippen LogP contribution in [0.4, 0.5) is 0 Å². The van der Waals surface area contributed by atoms with Crippen molar-refractivity contribution < 1.29 is 9.59 Å². The summed E-state index contributed by atoms with van der Waals surface area (Å²) in [7, 11) is 0. The first kappa shape index (κ1) is 19.4. The van der Waals surface area contributed by atoms with Crippen LogP contribution in [0, 0.1) is 0 Å². The third-order valence-corrected chi connectivity index (χ3v) is 5.08. The predicted molar refractivity (Wildman–Crippen MR) is 106 cm³/mol. The monoisotopic (exact) mass is 385 g/mol. The molecule has 0 spiro atoms. The maximum atomic E-state index is 12.6. The fraction of sp³-hybridized carbons (Fsp3) is 0.333. The van der Waals surface area contributed by atoms with Crippen LogP contribution >= 0.6 is 11.6 Å². The van der Waals surface area contributed by atoms with E-state index in [1.54, 1.807) is 21.9 Å². The molecule has 1 heterocycles. The standard InChI is InChI=1S/C21H24ClN3O2/c22-18-8-6-17(7-9-18)15-20(26)24-10-12-25(13-11-24)21(27)19(23)14-16-4-2-1-3-5-16/h1-9,19H,10-15,23H2/t19-/m0/s1. The number of carbonyl (C=O) groups excluding carboxylic acids is 2. The molecule has 0 bridgehead atoms. The molecule has 3 rings (SSSR count). The second-order valence-corrected chi connectivity index (χ2v) is 7.24. The summed E-state index contributed by atoms with van der Waals surface area (Å²) >= 11 is 5.88. The van der Waals surface area contributed by atoms with Gasteiger partial charge in [-0.1, -0.05) is 54.1 Å². The first-order valence-electron chi connectivity index (χ1n) is 9.13. The molecule has 1 aliphatic heterocycles. The number of nitrogens with zero attached hydrogens (tertiary/aromatic N) is 2. The van der Waals surface area contributed by atoms with Crippen LogP contribution in [-0.4, -0.2) is 53.8 Å². The van der Waals surface area contributed by atoms with Gasteiger partial charge in [0, 0.05) is 31.2 Å². The number of rotatable bonds is 5. The van der Waals surface area contributed by atoms with Crippen molar-refractivity contribution in [3.8, 4) is 0 Å². The van der Waals surface area contributed by atoms with Crippen LogP contribution < -0.4 is 5.73 Å². The van der Waals surface area contributed by atoms with Gasteiger partial charge in [0.2, 0.25) is 11.8 Å². The first-order chi connectivity index (χ1) is 13.0. The Labute approximate surface area is 164 Å². The quantitative estimate of drug-likeness (QED) is 0.857. The lowest BCUT2D eigenvalue weighted by atomic mass is 10.1. The van der Waals surface area contributed by atoms with E-state index in [1.165, 1.54) is 0 Å². The Bertz CT molecular complexity index is 772. The predicted octanol–water partition coefficient (Wildman–Crippen LogP) is 2.12. The summed E-state index contributed by atoms with van der Waals surface area (Å²) in [6, 6.07) is 16.5. The molecule has 1 fully saturated rings. The second kappa shape index (κ2) is 9.02. The van der Waals surface area contributed by atoms with Gasteiger partial charge in [-0.15, -0.1) is 0 Å². The minimum Gasteiger partial charge on any atom is -0.339 e. The number of carbonyl (C=O) groups is 2. The maximum absolute atomic E-state index is 12.6. The molecule has 27 heavy (non-hydrogen) atoms. The summed E-state index contributed by atoms with van der Waals surface area (Å²) in [6.45, 7) is 2.12. The fourth-order valence-electron chi connectivity index (χ4n) is 3.25. The van der Waals surface area contributed by atoms with Crippen molar-refractivity contribution in [2.24, 2.45) is 5.73 Å². The molecule has 0 aromatic heterocycles. The van der Waals surface area contributed by atoms with E-state index in [4.69, 9.17) is 17.3 Å². The van der Waals surface area contributed by atoms with E-state index in [9.17, 15) is 9.59 Å². The molecule has 0 unspecified atom stereocenters. The largest absolute Gasteiger partial charge is 0.339 e. The van der Waals surface area contributed by atoms with Gasteiger partial charge in [-0.25, -0.2) is 0 Å². The van der Waals surface area contributed by atoms with E-state index in [0.29, 0.717) is 44.0 Å². The van der Waals surface area contributed by atoms with Gasteiger partial charge in [0.15, 0.2) is 0 Å². The smallest absolute Gasteiger partial charge is 0.239 e. The van der Waals surface area contributed by atoms with Crippen molar-refractivity contribution >= 4 is 23.4 Å². The SMILES string of the molecule is N[C@@H](Cc1ccccc1)C(=O)N1CCN(C(=O)Cc2ccc(Cl)cc2)CC1. The van der Waals surface area contributed by atoms with Crippen molar-refractivity contribution in [2.75, 3.05) is 26.2 Å². The molecule has 1 aliphatic rings. The summed E-state index contributed by atoms with van der Waals surface area (Å²) in [5.41, 5.74) is 8.10. The van der Waals surface area contributed by atoms with Gasteiger partial charge in [-0.2, -0.15) is 0 Å². The van der Waals surface area contributed by atoms with E-state index in [0.717, 1.165) is 11.1 Å². The summed E-state index contributed by atoms with van der Waals surface area (Å²) in [6.07, 6.45) is 0.869. The second-order valence-electron chi connectivity index (χ2n) is 6.81. The van der Waals surface area contributed by atoms with E-state index < -0.39 is 6.04 Å². The highest BCUT2D eigenvalue weighted by Gasteiger charge is 2.27. The topological polar surface area (TPSA) is 66.6 Å². The van der Waals surface area contributed by atoms with Gasteiger partial charge in [0.25, 0.3) is 0 Å². The van der Waals surface area contributed by atoms with Gasteiger partial charge in [0.05, 0.1) is 12.5 Å². The Hall–Kier alpha value is -2.37. The molecule has 2 aromatic carbocycles. The van der Waals surface area contributed by atoms with Gasteiger partial charge in [-0.05, 0) is 29.7 Å². The summed E-state index contributed by atoms with van der Waals surface area (Å²) in [4.78, 5) is 28.6. The molecule has 2 aromatic rings. The van der Waals surface area contributed by atoms with E-state index in [2.05, 4.69) is 0 Å². The average molecular weight is 386 g/mol. The zero-order chi connectivity index (χ0) is 19.2. The molecular weight excluding hydrogens is 362 g/mol. The molecule has 6 heteroatoms. The van der Waals surface area contributed by atoms with Crippen LogP contribution in [0.3, 0.4) is 0 Å². The Morgan fingerprint density at radius 3 is 2.11 bits per heavy atom. The summed E-state index contributed by atoms with van der Waals surface area (Å²) in [5.74, 6) is 0.0154. The minimum atomic E-state index is -0.552. The Kier molecular flexibility index (Phi) is 6.48. The Morgan fingerprint density at radius 1 is 0.889 bits per heavy atom. The lowest BCUT2D eigenvalue weighted by Crippen LogP contribution is -2.54. The Morgan fingerprint density at radius 2 is 1.48 bits per heavy atom. The van der Waals surface area contributed by atoms with E-state index in [1.807, 2.05) is 42.5 Å². The number of piperazine rings is 1. The molecule has 0 aliphatic carbocycles. The normalized spacial score (nSPS) is 15.5. The van der Waals surface area contributed by atoms with Crippen LogP contribution in [0.25, 0.3) is 0 Å². The van der Waals surface area contributed by atoms with Crippen molar-refractivity contribution in [1.29, 1.82) is 0 Å². The van der Waals surface area contributed by atoms with Gasteiger partial charge >= 0.3 is 0 Å². The summed E-state index contributed by atoms with van der Waals surface area (Å²) in [5, 5.41) is 0.658. The highest BCUT2D eigenvalue weighted by Crippen LogP contribution is 2.12. The highest BCUT2D eigenvalue weighted by molar-refractivity contribution is 6.30.